The zero-order valence-electron chi connectivity index (χ0n) is 11.0. The Labute approximate surface area is 115 Å². The minimum atomic E-state index is -0.369. The number of methoxy groups -OCH3 is 1. The second-order valence-corrected chi connectivity index (χ2v) is 4.70. The van der Waals surface area contributed by atoms with E-state index in [0.717, 1.165) is 0 Å². The van der Waals surface area contributed by atoms with Crippen molar-refractivity contribution in [2.45, 2.75) is 18.8 Å². The van der Waals surface area contributed by atoms with Crippen molar-refractivity contribution < 1.29 is 19.7 Å². The van der Waals surface area contributed by atoms with Gasteiger partial charge in [-0.3, -0.25) is 4.57 Å². The van der Waals surface area contributed by atoms with Crippen LogP contribution >= 0.6 is 0 Å². The van der Waals surface area contributed by atoms with Crippen LogP contribution in [0.15, 0.2) is 12.7 Å². The van der Waals surface area contributed by atoms with E-state index in [2.05, 4.69) is 15.0 Å². The van der Waals surface area contributed by atoms with Crippen LogP contribution < -0.4 is 4.74 Å². The molecule has 8 heteroatoms. The summed E-state index contributed by atoms with van der Waals surface area (Å²) in [5.41, 5.74) is 1.17. The third-order valence-corrected chi connectivity index (χ3v) is 3.61. The van der Waals surface area contributed by atoms with Gasteiger partial charge in [0.05, 0.1) is 26.1 Å². The van der Waals surface area contributed by atoms with Gasteiger partial charge in [0, 0.05) is 18.9 Å². The van der Waals surface area contributed by atoms with E-state index in [1.165, 1.54) is 13.4 Å². The quantitative estimate of drug-likeness (QED) is 0.794. The number of fused-ring (bicyclic) bond motifs is 1. The second-order valence-electron chi connectivity index (χ2n) is 4.70. The molecule has 3 heterocycles. The number of aromatic nitrogens is 4. The third kappa shape index (κ3) is 2.01. The lowest BCUT2D eigenvalue weighted by atomic mass is 10.0. The molecule has 0 spiro atoms. The summed E-state index contributed by atoms with van der Waals surface area (Å²) in [7, 11) is 1.52. The predicted octanol–water partition coefficient (Wildman–Crippen LogP) is -0.277. The van der Waals surface area contributed by atoms with Gasteiger partial charge >= 0.3 is 0 Å². The molecule has 3 atom stereocenters. The summed E-state index contributed by atoms with van der Waals surface area (Å²) < 4.78 is 12.7. The van der Waals surface area contributed by atoms with Gasteiger partial charge in [0.15, 0.2) is 11.2 Å². The van der Waals surface area contributed by atoms with Gasteiger partial charge in [-0.05, 0) is 0 Å². The van der Waals surface area contributed by atoms with Gasteiger partial charge in [-0.15, -0.1) is 0 Å². The van der Waals surface area contributed by atoms with Crippen LogP contribution in [0.25, 0.3) is 11.2 Å². The van der Waals surface area contributed by atoms with E-state index in [1.54, 1.807) is 10.9 Å². The fraction of sp³-hybridized carbons (Fsp3) is 0.583. The maximum Gasteiger partial charge on any atom is 0.245 e. The van der Waals surface area contributed by atoms with Crippen LogP contribution in [0.2, 0.25) is 0 Å². The van der Waals surface area contributed by atoms with Gasteiger partial charge in [-0.2, -0.15) is 4.98 Å². The van der Waals surface area contributed by atoms with E-state index < -0.39 is 0 Å². The monoisotopic (exact) mass is 280 g/mol. The van der Waals surface area contributed by atoms with Crippen LogP contribution in [0.4, 0.5) is 0 Å². The predicted molar refractivity (Wildman–Crippen MR) is 68.1 cm³/mol. The first-order chi connectivity index (χ1) is 9.78. The lowest BCUT2D eigenvalue weighted by molar-refractivity contribution is -0.0334. The molecule has 3 rings (SSSR count). The van der Waals surface area contributed by atoms with Gasteiger partial charge in [-0.1, -0.05) is 0 Å². The SMILES string of the molecule is COc1ncnc2c1ncn2[C@H]1C[C@H](CO)[C@@H](CO)O1. The fourth-order valence-corrected chi connectivity index (χ4v) is 2.53. The topological polar surface area (TPSA) is 103 Å². The number of nitrogens with zero attached hydrogens (tertiary/aromatic N) is 4. The Balaban J connectivity index is 1.96. The standard InChI is InChI=1S/C12H16N4O4/c1-19-12-10-11(13-5-14-12)16(6-15-10)9-2-7(3-17)8(4-18)20-9/h5-9,17-18H,2-4H2,1H3/t7-,8-,9-/m1/s1. The van der Waals surface area contributed by atoms with Crippen LogP contribution in [0.5, 0.6) is 5.88 Å². The first-order valence-electron chi connectivity index (χ1n) is 6.37. The van der Waals surface area contributed by atoms with Crippen LogP contribution in [-0.2, 0) is 4.74 Å². The lowest BCUT2D eigenvalue weighted by Gasteiger charge is -2.14. The van der Waals surface area contributed by atoms with Crippen molar-refractivity contribution in [3.05, 3.63) is 12.7 Å². The summed E-state index contributed by atoms with van der Waals surface area (Å²) in [6, 6.07) is 0. The third-order valence-electron chi connectivity index (χ3n) is 3.61. The largest absolute Gasteiger partial charge is 0.479 e. The van der Waals surface area contributed by atoms with Crippen molar-refractivity contribution in [1.29, 1.82) is 0 Å². The molecule has 0 amide bonds. The lowest BCUT2D eigenvalue weighted by Crippen LogP contribution is -2.23. The first kappa shape index (κ1) is 13.2. The summed E-state index contributed by atoms with van der Waals surface area (Å²) in [5.74, 6) is 0.315. The highest BCUT2D eigenvalue weighted by Gasteiger charge is 2.36. The van der Waals surface area contributed by atoms with Crippen LogP contribution in [-0.4, -0.2) is 56.2 Å². The van der Waals surface area contributed by atoms with Crippen molar-refractivity contribution in [3.63, 3.8) is 0 Å². The first-order valence-corrected chi connectivity index (χ1v) is 6.37. The molecule has 1 aliphatic rings. The number of rotatable bonds is 4. The Morgan fingerprint density at radius 2 is 2.20 bits per heavy atom. The molecule has 1 aliphatic heterocycles. The normalized spacial score (nSPS) is 26.2. The Hall–Kier alpha value is -1.77. The van der Waals surface area contributed by atoms with Crippen molar-refractivity contribution in [2.24, 2.45) is 5.92 Å². The van der Waals surface area contributed by atoms with Gasteiger partial charge in [0.2, 0.25) is 5.88 Å². The molecular formula is C12H16N4O4. The Bertz CT molecular complexity index is 590. The summed E-state index contributed by atoms with van der Waals surface area (Å²) >= 11 is 0. The number of ether oxygens (including phenoxy) is 2. The maximum absolute atomic E-state index is 9.32. The smallest absolute Gasteiger partial charge is 0.245 e. The summed E-state index contributed by atoms with van der Waals surface area (Å²) in [6.07, 6.45) is 2.93. The van der Waals surface area contributed by atoms with Crippen LogP contribution in [0.3, 0.4) is 0 Å². The van der Waals surface area contributed by atoms with Crippen molar-refractivity contribution >= 4 is 11.2 Å². The molecule has 2 aromatic heterocycles. The average molecular weight is 280 g/mol. The zero-order chi connectivity index (χ0) is 14.1. The maximum atomic E-state index is 9.32. The molecule has 2 aromatic rings. The summed E-state index contributed by atoms with van der Waals surface area (Å²) in [5, 5.41) is 18.6. The van der Waals surface area contributed by atoms with E-state index in [9.17, 15) is 10.2 Å². The van der Waals surface area contributed by atoms with E-state index in [-0.39, 0.29) is 31.5 Å². The van der Waals surface area contributed by atoms with Crippen LogP contribution in [0, 0.1) is 5.92 Å². The minimum absolute atomic E-state index is 0.0212. The fourth-order valence-electron chi connectivity index (χ4n) is 2.53. The molecule has 0 aromatic carbocycles. The number of aliphatic hydroxyl groups is 2. The molecule has 0 saturated carbocycles. The molecule has 0 aliphatic carbocycles. The second kappa shape index (κ2) is 5.31. The Morgan fingerprint density at radius 3 is 2.85 bits per heavy atom. The van der Waals surface area contributed by atoms with Gasteiger partial charge in [0.25, 0.3) is 0 Å². The number of hydrogen-bond donors (Lipinski definition) is 2. The molecular weight excluding hydrogens is 264 g/mol. The van der Waals surface area contributed by atoms with Crippen molar-refractivity contribution in [1.82, 2.24) is 19.5 Å². The van der Waals surface area contributed by atoms with Gasteiger partial charge < -0.3 is 19.7 Å². The molecule has 20 heavy (non-hydrogen) atoms. The zero-order valence-corrected chi connectivity index (χ0v) is 11.0. The number of aliphatic hydroxyl groups excluding tert-OH is 2. The van der Waals surface area contributed by atoms with Crippen molar-refractivity contribution in [3.8, 4) is 5.88 Å². The van der Waals surface area contributed by atoms with E-state index in [0.29, 0.717) is 23.5 Å². The molecule has 0 unspecified atom stereocenters. The van der Waals surface area contributed by atoms with Gasteiger partial charge in [-0.25, -0.2) is 9.97 Å². The minimum Gasteiger partial charge on any atom is -0.479 e. The highest BCUT2D eigenvalue weighted by atomic mass is 16.5. The van der Waals surface area contributed by atoms with E-state index in [1.807, 2.05) is 0 Å². The molecule has 2 N–H and O–H groups in total. The molecule has 8 nitrogen and oxygen atoms in total. The molecule has 0 radical (unpaired) electrons. The highest BCUT2D eigenvalue weighted by molar-refractivity contribution is 5.75. The van der Waals surface area contributed by atoms with Gasteiger partial charge in [0.1, 0.15) is 12.6 Å². The average Bonchev–Trinajstić information content (AvgIpc) is 3.09. The van der Waals surface area contributed by atoms with Crippen LogP contribution in [0.1, 0.15) is 12.6 Å². The van der Waals surface area contributed by atoms with E-state index in [4.69, 9.17) is 9.47 Å². The van der Waals surface area contributed by atoms with Crippen molar-refractivity contribution in [2.75, 3.05) is 20.3 Å². The molecule has 1 saturated heterocycles. The van der Waals surface area contributed by atoms with E-state index >= 15 is 0 Å². The summed E-state index contributed by atoms with van der Waals surface area (Å²) in [6.45, 7) is -0.140. The molecule has 1 fully saturated rings. The number of hydrogen-bond acceptors (Lipinski definition) is 7. The Kier molecular flexibility index (Phi) is 3.51. The Morgan fingerprint density at radius 1 is 1.35 bits per heavy atom. The summed E-state index contributed by atoms with van der Waals surface area (Å²) in [4.78, 5) is 12.4. The highest BCUT2D eigenvalue weighted by Crippen LogP contribution is 2.35. The molecule has 108 valence electrons. The molecule has 0 bridgehead atoms. The number of imidazole rings is 1.